The van der Waals surface area contributed by atoms with Gasteiger partial charge in [0.15, 0.2) is 9.84 Å². The number of nitrogens with two attached hydrogens (primary N) is 1. The lowest BCUT2D eigenvalue weighted by atomic mass is 10.2. The fourth-order valence-electron chi connectivity index (χ4n) is 2.10. The van der Waals surface area contributed by atoms with Gasteiger partial charge in [-0.1, -0.05) is 11.8 Å². The van der Waals surface area contributed by atoms with E-state index in [2.05, 4.69) is 17.2 Å². The second-order valence-electron chi connectivity index (χ2n) is 4.51. The molecule has 0 aromatic carbocycles. The Balaban J connectivity index is 2.01. The standard InChI is InChI=1S/C13H16N2O3S2/c14-6-1-3-10-5-7-19-12(10)13(16)15-9-11-4-2-8-20(11,17)18/h5,7,11H,2,4,6,8-9,14H2,(H,15,16). The average Bonchev–Trinajstić information content (AvgIpc) is 2.99. The van der Waals surface area contributed by atoms with Crippen LogP contribution in [0.5, 0.6) is 0 Å². The lowest BCUT2D eigenvalue weighted by Crippen LogP contribution is -2.34. The summed E-state index contributed by atoms with van der Waals surface area (Å²) in [6.07, 6.45) is 1.29. The van der Waals surface area contributed by atoms with Crippen LogP contribution in [0, 0.1) is 11.8 Å². The number of sulfone groups is 1. The number of nitrogens with one attached hydrogen (secondary N) is 1. The van der Waals surface area contributed by atoms with Gasteiger partial charge in [0.1, 0.15) is 4.88 Å². The van der Waals surface area contributed by atoms with Crippen molar-refractivity contribution in [2.75, 3.05) is 18.8 Å². The molecule has 0 saturated carbocycles. The SMILES string of the molecule is NCC#Cc1ccsc1C(=O)NCC1CCCS1(=O)=O. The maximum atomic E-state index is 12.1. The van der Waals surface area contributed by atoms with E-state index in [4.69, 9.17) is 5.73 Å². The minimum atomic E-state index is -3.03. The van der Waals surface area contributed by atoms with Crippen molar-refractivity contribution in [1.29, 1.82) is 0 Å². The van der Waals surface area contributed by atoms with Crippen LogP contribution in [-0.2, 0) is 9.84 Å². The molecule has 0 bridgehead atoms. The maximum absolute atomic E-state index is 12.1. The van der Waals surface area contributed by atoms with Crippen LogP contribution >= 0.6 is 11.3 Å². The quantitative estimate of drug-likeness (QED) is 0.789. The van der Waals surface area contributed by atoms with Gasteiger partial charge in [0.2, 0.25) is 0 Å². The molecule has 5 nitrogen and oxygen atoms in total. The van der Waals surface area contributed by atoms with E-state index in [1.165, 1.54) is 11.3 Å². The first kappa shape index (κ1) is 15.0. The Kier molecular flexibility index (Phi) is 4.81. The third-order valence-electron chi connectivity index (χ3n) is 3.15. The molecule has 1 aromatic rings. The van der Waals surface area contributed by atoms with E-state index in [1.807, 2.05) is 0 Å². The number of carbonyl (C=O) groups is 1. The Morgan fingerprint density at radius 1 is 1.55 bits per heavy atom. The van der Waals surface area contributed by atoms with Crippen LogP contribution in [0.2, 0.25) is 0 Å². The molecule has 1 atom stereocenters. The minimum absolute atomic E-state index is 0.169. The van der Waals surface area contributed by atoms with Crippen LogP contribution in [0.15, 0.2) is 11.4 Å². The van der Waals surface area contributed by atoms with Crippen molar-refractivity contribution < 1.29 is 13.2 Å². The summed E-state index contributed by atoms with van der Waals surface area (Å²) in [7, 11) is -3.03. The van der Waals surface area contributed by atoms with Crippen molar-refractivity contribution in [1.82, 2.24) is 5.32 Å². The van der Waals surface area contributed by atoms with Crippen molar-refractivity contribution in [2.45, 2.75) is 18.1 Å². The highest BCUT2D eigenvalue weighted by Crippen LogP contribution is 2.20. The second kappa shape index (κ2) is 6.39. The van der Waals surface area contributed by atoms with Crippen LogP contribution in [0.4, 0.5) is 0 Å². The van der Waals surface area contributed by atoms with Gasteiger partial charge in [-0.25, -0.2) is 8.42 Å². The number of carbonyl (C=O) groups excluding carboxylic acids is 1. The fraction of sp³-hybridized carbons (Fsp3) is 0.462. The number of thiophene rings is 1. The largest absolute Gasteiger partial charge is 0.350 e. The smallest absolute Gasteiger partial charge is 0.262 e. The van der Waals surface area contributed by atoms with E-state index < -0.39 is 15.1 Å². The van der Waals surface area contributed by atoms with Gasteiger partial charge in [0.25, 0.3) is 5.91 Å². The average molecular weight is 312 g/mol. The van der Waals surface area contributed by atoms with Gasteiger partial charge < -0.3 is 11.1 Å². The summed E-state index contributed by atoms with van der Waals surface area (Å²) >= 11 is 1.29. The topological polar surface area (TPSA) is 89.3 Å². The van der Waals surface area contributed by atoms with Gasteiger partial charge >= 0.3 is 0 Å². The maximum Gasteiger partial charge on any atom is 0.262 e. The molecule has 7 heteroatoms. The van der Waals surface area contributed by atoms with Gasteiger partial charge in [-0.05, 0) is 24.3 Å². The molecular weight excluding hydrogens is 296 g/mol. The number of hydrogen-bond donors (Lipinski definition) is 2. The molecule has 0 spiro atoms. The van der Waals surface area contributed by atoms with Gasteiger partial charge in [0, 0.05) is 12.1 Å². The highest BCUT2D eigenvalue weighted by Gasteiger charge is 2.31. The Morgan fingerprint density at radius 2 is 2.35 bits per heavy atom. The third-order valence-corrected chi connectivity index (χ3v) is 6.34. The highest BCUT2D eigenvalue weighted by atomic mass is 32.2. The number of hydrogen-bond acceptors (Lipinski definition) is 5. The van der Waals surface area contributed by atoms with E-state index in [-0.39, 0.29) is 24.7 Å². The lowest BCUT2D eigenvalue weighted by molar-refractivity contribution is 0.0957. The molecule has 2 heterocycles. The molecule has 1 aliphatic heterocycles. The molecule has 2 rings (SSSR count). The molecule has 1 unspecified atom stereocenters. The zero-order valence-electron chi connectivity index (χ0n) is 10.9. The summed E-state index contributed by atoms with van der Waals surface area (Å²) in [5, 5.41) is 4.02. The van der Waals surface area contributed by atoms with E-state index >= 15 is 0 Å². The minimum Gasteiger partial charge on any atom is -0.350 e. The molecule has 20 heavy (non-hydrogen) atoms. The molecular formula is C13H16N2O3S2. The highest BCUT2D eigenvalue weighted by molar-refractivity contribution is 7.92. The molecule has 1 fully saturated rings. The van der Waals surface area contributed by atoms with E-state index in [0.29, 0.717) is 23.3 Å². The zero-order chi connectivity index (χ0) is 14.6. The molecule has 1 saturated heterocycles. The normalized spacial score (nSPS) is 20.1. The summed E-state index contributed by atoms with van der Waals surface area (Å²) in [6.45, 7) is 0.403. The molecule has 0 radical (unpaired) electrons. The number of amides is 1. The van der Waals surface area contributed by atoms with Gasteiger partial charge in [-0.2, -0.15) is 0 Å². The first-order chi connectivity index (χ1) is 9.54. The summed E-state index contributed by atoms with van der Waals surface area (Å²) in [5.74, 6) is 5.49. The number of rotatable bonds is 3. The fourth-order valence-corrected chi connectivity index (χ4v) is 4.63. The monoisotopic (exact) mass is 312 g/mol. The van der Waals surface area contributed by atoms with Crippen molar-refractivity contribution in [3.8, 4) is 11.8 Å². The van der Waals surface area contributed by atoms with E-state index in [9.17, 15) is 13.2 Å². The third kappa shape index (κ3) is 3.39. The summed E-state index contributed by atoms with van der Waals surface area (Å²) in [6, 6.07) is 1.76. The summed E-state index contributed by atoms with van der Waals surface area (Å²) in [4.78, 5) is 12.6. The summed E-state index contributed by atoms with van der Waals surface area (Å²) in [5.41, 5.74) is 5.94. The van der Waals surface area contributed by atoms with Crippen LogP contribution < -0.4 is 11.1 Å². The molecule has 3 N–H and O–H groups in total. The second-order valence-corrected chi connectivity index (χ2v) is 7.83. The molecule has 1 aliphatic rings. The van der Waals surface area contributed by atoms with Crippen molar-refractivity contribution in [3.05, 3.63) is 21.9 Å². The molecule has 1 aromatic heterocycles. The molecule has 108 valence electrons. The summed E-state index contributed by atoms with van der Waals surface area (Å²) < 4.78 is 23.4. The van der Waals surface area contributed by atoms with Crippen LogP contribution in [0.3, 0.4) is 0 Å². The van der Waals surface area contributed by atoms with Crippen LogP contribution in [-0.4, -0.2) is 38.4 Å². The van der Waals surface area contributed by atoms with Gasteiger partial charge in [0.05, 0.1) is 17.5 Å². The lowest BCUT2D eigenvalue weighted by Gasteiger charge is -2.10. The van der Waals surface area contributed by atoms with Crippen molar-refractivity contribution >= 4 is 27.1 Å². The van der Waals surface area contributed by atoms with E-state index in [1.54, 1.807) is 11.4 Å². The molecule has 0 aliphatic carbocycles. The molecule has 1 amide bonds. The zero-order valence-corrected chi connectivity index (χ0v) is 12.5. The Bertz CT molecular complexity index is 653. The Morgan fingerprint density at radius 3 is 3.00 bits per heavy atom. The predicted octanol–water partition coefficient (Wildman–Crippen LogP) is 0.365. The van der Waals surface area contributed by atoms with Gasteiger partial charge in [-0.3, -0.25) is 4.79 Å². The predicted molar refractivity (Wildman–Crippen MR) is 79.4 cm³/mol. The van der Waals surface area contributed by atoms with Crippen LogP contribution in [0.1, 0.15) is 28.1 Å². The van der Waals surface area contributed by atoms with Gasteiger partial charge in [-0.15, -0.1) is 11.3 Å². The Labute approximate surface area is 122 Å². The first-order valence-electron chi connectivity index (χ1n) is 6.31. The van der Waals surface area contributed by atoms with E-state index in [0.717, 1.165) is 0 Å². The first-order valence-corrected chi connectivity index (χ1v) is 8.90. The van der Waals surface area contributed by atoms with Crippen molar-refractivity contribution in [2.24, 2.45) is 5.73 Å². The van der Waals surface area contributed by atoms with Crippen LogP contribution in [0.25, 0.3) is 0 Å². The van der Waals surface area contributed by atoms with Crippen molar-refractivity contribution in [3.63, 3.8) is 0 Å². The Hall–Kier alpha value is -1.36.